The molecular weight excluding hydrogens is 456 g/mol. The van der Waals surface area contributed by atoms with Gasteiger partial charge in [-0.1, -0.05) is 28.8 Å². The molecule has 160 valence electrons. The molecule has 0 saturated carbocycles. The van der Waals surface area contributed by atoms with Gasteiger partial charge in [0, 0.05) is 23.0 Å². The van der Waals surface area contributed by atoms with Gasteiger partial charge in [-0.15, -0.1) is 0 Å². The number of benzene rings is 2. The van der Waals surface area contributed by atoms with Crippen molar-refractivity contribution in [1.82, 2.24) is 0 Å². The summed E-state index contributed by atoms with van der Waals surface area (Å²) in [6.07, 6.45) is 4.12. The Bertz CT molecular complexity index is 1090. The lowest BCUT2D eigenvalue weighted by atomic mass is 10.1. The summed E-state index contributed by atoms with van der Waals surface area (Å²) in [6, 6.07) is 6.94. The minimum Gasteiger partial charge on any atom is -0.507 e. The molecule has 0 unspecified atom stereocenters. The number of halogens is 1. The van der Waals surface area contributed by atoms with E-state index < -0.39 is 5.43 Å². The molecule has 0 aliphatic carbocycles. The maximum atomic E-state index is 12.9. The first kappa shape index (κ1) is 21.8. The van der Waals surface area contributed by atoms with E-state index in [2.05, 4.69) is 15.9 Å². The molecule has 1 aromatic heterocycles. The van der Waals surface area contributed by atoms with Crippen LogP contribution in [0.5, 0.6) is 28.7 Å². The normalized spacial score (nSPS) is 11.0. The van der Waals surface area contributed by atoms with Crippen LogP contribution >= 0.6 is 15.9 Å². The molecule has 0 atom stereocenters. The second-order valence-corrected chi connectivity index (χ2v) is 7.56. The van der Waals surface area contributed by atoms with Crippen molar-refractivity contribution in [2.24, 2.45) is 0 Å². The van der Waals surface area contributed by atoms with Crippen molar-refractivity contribution in [3.63, 3.8) is 0 Å². The zero-order valence-corrected chi connectivity index (χ0v) is 18.1. The molecule has 0 bridgehead atoms. The van der Waals surface area contributed by atoms with Crippen molar-refractivity contribution >= 4 is 26.9 Å². The lowest BCUT2D eigenvalue weighted by Gasteiger charge is -2.12. The van der Waals surface area contributed by atoms with Crippen molar-refractivity contribution in [2.45, 2.75) is 25.7 Å². The largest absolute Gasteiger partial charge is 0.507 e. The molecule has 2 aromatic carbocycles. The van der Waals surface area contributed by atoms with Crippen LogP contribution < -0.4 is 14.9 Å². The number of rotatable bonds is 9. The van der Waals surface area contributed by atoms with Crippen molar-refractivity contribution in [2.75, 3.05) is 19.0 Å². The van der Waals surface area contributed by atoms with Crippen LogP contribution in [-0.4, -0.2) is 34.4 Å². The maximum Gasteiger partial charge on any atom is 0.239 e. The van der Waals surface area contributed by atoms with Crippen LogP contribution in [0.3, 0.4) is 0 Å². The van der Waals surface area contributed by atoms with Gasteiger partial charge in [0.25, 0.3) is 0 Å². The number of hydrogen-bond donors (Lipinski definition) is 3. The van der Waals surface area contributed by atoms with Gasteiger partial charge in [-0.3, -0.25) is 4.79 Å². The first-order chi connectivity index (χ1) is 14.5. The van der Waals surface area contributed by atoms with Gasteiger partial charge in [0.1, 0.15) is 22.5 Å². The van der Waals surface area contributed by atoms with E-state index in [9.17, 15) is 20.1 Å². The van der Waals surface area contributed by atoms with Crippen LogP contribution in [0.2, 0.25) is 0 Å². The molecule has 8 heteroatoms. The first-order valence-corrected chi connectivity index (χ1v) is 10.7. The highest BCUT2D eigenvalue weighted by Gasteiger charge is 2.21. The fraction of sp³-hybridized carbons (Fsp3) is 0.318. The zero-order valence-electron chi connectivity index (χ0n) is 16.5. The van der Waals surface area contributed by atoms with E-state index in [0.29, 0.717) is 17.9 Å². The van der Waals surface area contributed by atoms with Gasteiger partial charge in [0.2, 0.25) is 11.2 Å². The Kier molecular flexibility index (Phi) is 7.10. The minimum absolute atomic E-state index is 0.0247. The van der Waals surface area contributed by atoms with Crippen LogP contribution in [0.4, 0.5) is 0 Å². The molecule has 7 nitrogen and oxygen atoms in total. The van der Waals surface area contributed by atoms with Gasteiger partial charge in [-0.2, -0.15) is 0 Å². The van der Waals surface area contributed by atoms with Crippen molar-refractivity contribution in [3.05, 3.63) is 40.6 Å². The molecule has 0 radical (unpaired) electrons. The van der Waals surface area contributed by atoms with Crippen LogP contribution in [0, 0.1) is 0 Å². The summed E-state index contributed by atoms with van der Waals surface area (Å²) in [5.41, 5.74) is -0.100. The van der Waals surface area contributed by atoms with E-state index in [1.54, 1.807) is 0 Å². The summed E-state index contributed by atoms with van der Waals surface area (Å²) in [7, 11) is 1.31. The van der Waals surface area contributed by atoms with Gasteiger partial charge in [-0.25, -0.2) is 0 Å². The molecule has 0 amide bonds. The Labute approximate surface area is 181 Å². The molecule has 0 saturated heterocycles. The van der Waals surface area contributed by atoms with E-state index in [1.807, 2.05) is 0 Å². The van der Waals surface area contributed by atoms with Crippen molar-refractivity contribution in [3.8, 4) is 40.1 Å². The lowest BCUT2D eigenvalue weighted by Crippen LogP contribution is -2.08. The number of alkyl halides is 1. The lowest BCUT2D eigenvalue weighted by molar-refractivity contribution is 0.303. The molecule has 0 aliphatic heterocycles. The van der Waals surface area contributed by atoms with E-state index in [4.69, 9.17) is 13.9 Å². The van der Waals surface area contributed by atoms with E-state index in [0.717, 1.165) is 31.0 Å². The monoisotopic (exact) mass is 478 g/mol. The maximum absolute atomic E-state index is 12.9. The topological polar surface area (TPSA) is 109 Å². The van der Waals surface area contributed by atoms with Gasteiger partial charge in [-0.05, 0) is 31.0 Å². The molecule has 30 heavy (non-hydrogen) atoms. The Morgan fingerprint density at radius 2 is 1.73 bits per heavy atom. The summed E-state index contributed by atoms with van der Waals surface area (Å²) in [4.78, 5) is 12.9. The third kappa shape index (κ3) is 4.64. The highest BCUT2D eigenvalue weighted by Crippen LogP contribution is 2.38. The summed E-state index contributed by atoms with van der Waals surface area (Å²) in [6.45, 7) is 0.478. The number of phenols is 3. The molecule has 1 heterocycles. The van der Waals surface area contributed by atoms with Gasteiger partial charge in [0.15, 0.2) is 17.3 Å². The number of methoxy groups -OCH3 is 1. The fourth-order valence-corrected chi connectivity index (χ4v) is 3.52. The molecule has 0 aliphatic rings. The van der Waals surface area contributed by atoms with Gasteiger partial charge < -0.3 is 29.2 Å². The second kappa shape index (κ2) is 9.75. The quantitative estimate of drug-likeness (QED) is 0.227. The average Bonchev–Trinajstić information content (AvgIpc) is 2.72. The number of aromatic hydroxyl groups is 3. The van der Waals surface area contributed by atoms with Gasteiger partial charge in [0.05, 0.1) is 13.7 Å². The van der Waals surface area contributed by atoms with E-state index in [1.165, 1.54) is 37.4 Å². The molecule has 3 aromatic rings. The molecule has 0 spiro atoms. The van der Waals surface area contributed by atoms with E-state index in [-0.39, 0.29) is 39.7 Å². The van der Waals surface area contributed by atoms with Gasteiger partial charge >= 0.3 is 0 Å². The number of phenolic OH excluding ortho intramolecular Hbond substituents is 3. The third-order valence-electron chi connectivity index (χ3n) is 4.64. The summed E-state index contributed by atoms with van der Waals surface area (Å²) in [5, 5.41) is 30.7. The number of unbranched alkanes of at least 4 members (excludes halogenated alkanes) is 3. The average molecular weight is 479 g/mol. The van der Waals surface area contributed by atoms with Crippen molar-refractivity contribution in [1.29, 1.82) is 0 Å². The summed E-state index contributed by atoms with van der Waals surface area (Å²) >= 11 is 3.40. The smallest absolute Gasteiger partial charge is 0.239 e. The highest BCUT2D eigenvalue weighted by atomic mass is 79.9. The standard InChI is InChI=1S/C22H23BrO7/c1-28-22-20(27)19-17(26)11-14(29-9-5-3-2-4-8-23)12-18(19)30-21(22)13-6-7-15(24)16(25)10-13/h6-7,10-12,24-26H,2-5,8-9H2,1H3. The molecule has 3 rings (SSSR count). The van der Waals surface area contributed by atoms with Crippen LogP contribution in [-0.2, 0) is 0 Å². The van der Waals surface area contributed by atoms with Crippen LogP contribution in [0.15, 0.2) is 39.5 Å². The molecule has 3 N–H and O–H groups in total. The summed E-state index contributed by atoms with van der Waals surface area (Å²) < 4.78 is 16.8. The number of hydrogen-bond acceptors (Lipinski definition) is 7. The Morgan fingerprint density at radius 3 is 2.43 bits per heavy atom. The third-order valence-corrected chi connectivity index (χ3v) is 5.21. The Balaban J connectivity index is 1.98. The first-order valence-electron chi connectivity index (χ1n) is 9.55. The predicted molar refractivity (Wildman–Crippen MR) is 117 cm³/mol. The highest BCUT2D eigenvalue weighted by molar-refractivity contribution is 9.09. The Hall–Kier alpha value is -2.87. The number of fused-ring (bicyclic) bond motifs is 1. The van der Waals surface area contributed by atoms with Crippen LogP contribution in [0.1, 0.15) is 25.7 Å². The summed E-state index contributed by atoms with van der Waals surface area (Å²) in [5.74, 6) is -0.607. The van der Waals surface area contributed by atoms with E-state index >= 15 is 0 Å². The second-order valence-electron chi connectivity index (χ2n) is 6.76. The SMILES string of the molecule is COc1c(-c2ccc(O)c(O)c2)oc2cc(OCCCCCCBr)cc(O)c2c1=O. The number of ether oxygens (including phenoxy) is 2. The zero-order chi connectivity index (χ0) is 21.7. The van der Waals surface area contributed by atoms with Crippen molar-refractivity contribution < 1.29 is 29.2 Å². The fourth-order valence-electron chi connectivity index (χ4n) is 3.12. The minimum atomic E-state index is -0.555. The molecular formula is C22H23BrO7. The van der Waals surface area contributed by atoms with Crippen LogP contribution in [0.25, 0.3) is 22.3 Å². The Morgan fingerprint density at radius 1 is 0.967 bits per heavy atom. The predicted octanol–water partition coefficient (Wildman–Crippen LogP) is 4.92. The molecule has 0 fully saturated rings.